The van der Waals surface area contributed by atoms with Crippen LogP contribution in [-0.4, -0.2) is 27.4 Å². The molecule has 0 fully saturated rings. The number of rotatable bonds is 3. The van der Waals surface area contributed by atoms with Gasteiger partial charge in [-0.3, -0.25) is 14.1 Å². The maximum absolute atomic E-state index is 12.1. The zero-order valence-corrected chi connectivity index (χ0v) is 13.2. The van der Waals surface area contributed by atoms with Crippen molar-refractivity contribution in [3.8, 4) is 0 Å². The molecule has 0 aliphatic heterocycles. The lowest BCUT2D eigenvalue weighted by Gasteiger charge is -2.23. The van der Waals surface area contributed by atoms with Gasteiger partial charge in [0.05, 0.1) is 5.69 Å². The van der Waals surface area contributed by atoms with E-state index in [1.165, 1.54) is 22.5 Å². The molecule has 3 aromatic rings. The van der Waals surface area contributed by atoms with Gasteiger partial charge in [0, 0.05) is 30.2 Å². The van der Waals surface area contributed by atoms with Crippen LogP contribution in [0.1, 0.15) is 16.8 Å². The van der Waals surface area contributed by atoms with Gasteiger partial charge in [0.1, 0.15) is 0 Å². The van der Waals surface area contributed by atoms with Crippen LogP contribution in [0.15, 0.2) is 46.7 Å². The summed E-state index contributed by atoms with van der Waals surface area (Å²) in [6.45, 7) is 0.711. The van der Waals surface area contributed by atoms with Crippen molar-refractivity contribution in [1.82, 2.24) is 14.3 Å². The molecule has 22 heavy (non-hydrogen) atoms. The number of hydrogen-bond donors (Lipinski definition) is 0. The summed E-state index contributed by atoms with van der Waals surface area (Å²) in [5.41, 5.74) is 3.75. The van der Waals surface area contributed by atoms with Crippen molar-refractivity contribution in [2.75, 3.05) is 7.05 Å². The Labute approximate surface area is 132 Å². The molecule has 1 aliphatic rings. The van der Waals surface area contributed by atoms with Crippen LogP contribution in [0.4, 0.5) is 0 Å². The minimum absolute atomic E-state index is 0.00404. The maximum Gasteiger partial charge on any atom is 0.258 e. The minimum Gasteiger partial charge on any atom is -0.297 e. The van der Waals surface area contributed by atoms with E-state index in [4.69, 9.17) is 0 Å². The summed E-state index contributed by atoms with van der Waals surface area (Å²) in [6.07, 6.45) is 3.93. The van der Waals surface area contributed by atoms with Gasteiger partial charge < -0.3 is 0 Å². The highest BCUT2D eigenvalue weighted by atomic mass is 32.1. The first-order valence-corrected chi connectivity index (χ1v) is 8.31. The van der Waals surface area contributed by atoms with Crippen molar-refractivity contribution in [1.29, 1.82) is 0 Å². The van der Waals surface area contributed by atoms with Gasteiger partial charge >= 0.3 is 0 Å². The second-order valence-corrected chi connectivity index (χ2v) is 6.76. The van der Waals surface area contributed by atoms with Crippen molar-refractivity contribution in [3.63, 3.8) is 0 Å². The third kappa shape index (κ3) is 2.36. The largest absolute Gasteiger partial charge is 0.297 e. The van der Waals surface area contributed by atoms with Gasteiger partial charge in [-0.05, 0) is 31.0 Å². The SMILES string of the molecule is CN(Cc1cc(=O)n2ccsc2n1)C1Cc2ccccc2C1. The van der Waals surface area contributed by atoms with Crippen LogP contribution < -0.4 is 5.56 Å². The molecule has 4 nitrogen and oxygen atoms in total. The van der Waals surface area contributed by atoms with Crippen molar-refractivity contribution < 1.29 is 0 Å². The number of thiazole rings is 1. The third-order valence-electron chi connectivity index (χ3n) is 4.42. The quantitative estimate of drug-likeness (QED) is 0.745. The molecule has 1 aliphatic carbocycles. The van der Waals surface area contributed by atoms with Crippen LogP contribution in [-0.2, 0) is 19.4 Å². The van der Waals surface area contributed by atoms with Crippen LogP contribution in [0.2, 0.25) is 0 Å². The first kappa shape index (κ1) is 13.7. The van der Waals surface area contributed by atoms with Gasteiger partial charge in [-0.2, -0.15) is 0 Å². The second-order valence-electron chi connectivity index (χ2n) is 5.89. The Bertz CT molecular complexity index is 858. The molecule has 0 saturated heterocycles. The van der Waals surface area contributed by atoms with E-state index in [2.05, 4.69) is 41.2 Å². The maximum atomic E-state index is 12.1. The third-order valence-corrected chi connectivity index (χ3v) is 5.18. The summed E-state index contributed by atoms with van der Waals surface area (Å²) in [5, 5.41) is 1.89. The molecule has 112 valence electrons. The Kier molecular flexibility index (Phi) is 3.32. The first-order valence-electron chi connectivity index (χ1n) is 7.43. The number of likely N-dealkylation sites (N-methyl/N-ethyl adjacent to an activating group) is 1. The van der Waals surface area contributed by atoms with Crippen molar-refractivity contribution in [2.24, 2.45) is 0 Å². The van der Waals surface area contributed by atoms with Crippen LogP contribution >= 0.6 is 11.3 Å². The lowest BCUT2D eigenvalue weighted by molar-refractivity contribution is 0.238. The van der Waals surface area contributed by atoms with Gasteiger partial charge in [0.25, 0.3) is 5.56 Å². The van der Waals surface area contributed by atoms with Gasteiger partial charge in [-0.15, -0.1) is 11.3 Å². The average molecular weight is 311 g/mol. The molecular formula is C17H17N3OS. The Morgan fingerprint density at radius 2 is 2.05 bits per heavy atom. The summed E-state index contributed by atoms with van der Waals surface area (Å²) in [5.74, 6) is 0. The Hall–Kier alpha value is -1.98. The molecule has 0 unspecified atom stereocenters. The van der Waals surface area contributed by atoms with E-state index < -0.39 is 0 Å². The fraction of sp³-hybridized carbons (Fsp3) is 0.294. The van der Waals surface area contributed by atoms with Crippen LogP contribution in [0.5, 0.6) is 0 Å². The summed E-state index contributed by atoms with van der Waals surface area (Å²) in [6, 6.07) is 10.8. The topological polar surface area (TPSA) is 37.6 Å². The molecule has 0 atom stereocenters. The first-order chi connectivity index (χ1) is 10.7. The highest BCUT2D eigenvalue weighted by Gasteiger charge is 2.24. The van der Waals surface area contributed by atoms with E-state index in [1.54, 1.807) is 16.7 Å². The van der Waals surface area contributed by atoms with Crippen molar-refractivity contribution in [3.05, 3.63) is 69.1 Å². The Morgan fingerprint density at radius 3 is 2.77 bits per heavy atom. The monoisotopic (exact) mass is 311 g/mol. The highest BCUT2D eigenvalue weighted by molar-refractivity contribution is 7.15. The van der Waals surface area contributed by atoms with E-state index in [1.807, 2.05) is 5.38 Å². The average Bonchev–Trinajstić information content (AvgIpc) is 3.13. The molecule has 0 spiro atoms. The summed E-state index contributed by atoms with van der Waals surface area (Å²) < 4.78 is 1.60. The fourth-order valence-corrected chi connectivity index (χ4v) is 3.94. The Balaban J connectivity index is 1.54. The number of benzene rings is 1. The van der Waals surface area contributed by atoms with Gasteiger partial charge in [0.15, 0.2) is 4.96 Å². The smallest absolute Gasteiger partial charge is 0.258 e. The molecule has 0 N–H and O–H groups in total. The second kappa shape index (κ2) is 5.34. The predicted molar refractivity (Wildman–Crippen MR) is 88.4 cm³/mol. The normalized spacial score (nSPS) is 14.8. The number of hydrogen-bond acceptors (Lipinski definition) is 4. The van der Waals surface area contributed by atoms with Crippen molar-refractivity contribution >= 4 is 16.3 Å². The summed E-state index contributed by atoms with van der Waals surface area (Å²) in [7, 11) is 2.12. The summed E-state index contributed by atoms with van der Waals surface area (Å²) in [4.78, 5) is 19.7. The Morgan fingerprint density at radius 1 is 1.32 bits per heavy atom. The van der Waals surface area contributed by atoms with Gasteiger partial charge in [-0.25, -0.2) is 4.98 Å². The molecule has 0 amide bonds. The zero-order chi connectivity index (χ0) is 15.1. The van der Waals surface area contributed by atoms with Crippen LogP contribution in [0, 0.1) is 0 Å². The van der Waals surface area contributed by atoms with Gasteiger partial charge in [0.2, 0.25) is 0 Å². The molecule has 0 radical (unpaired) electrons. The molecule has 5 heteroatoms. The van der Waals surface area contributed by atoms with E-state index in [9.17, 15) is 4.79 Å². The highest BCUT2D eigenvalue weighted by Crippen LogP contribution is 2.25. The molecular weight excluding hydrogens is 294 g/mol. The number of nitrogens with zero attached hydrogens (tertiary/aromatic N) is 3. The zero-order valence-electron chi connectivity index (χ0n) is 12.4. The van der Waals surface area contributed by atoms with E-state index in [0.717, 1.165) is 23.5 Å². The van der Waals surface area contributed by atoms with Crippen LogP contribution in [0.3, 0.4) is 0 Å². The number of fused-ring (bicyclic) bond motifs is 2. The minimum atomic E-state index is 0.00404. The van der Waals surface area contributed by atoms with E-state index in [0.29, 0.717) is 12.6 Å². The molecule has 2 heterocycles. The summed E-state index contributed by atoms with van der Waals surface area (Å²) >= 11 is 1.50. The molecule has 0 saturated carbocycles. The van der Waals surface area contributed by atoms with Crippen molar-refractivity contribution in [2.45, 2.75) is 25.4 Å². The molecule has 0 bridgehead atoms. The molecule has 1 aromatic carbocycles. The lowest BCUT2D eigenvalue weighted by atomic mass is 10.1. The fourth-order valence-electron chi connectivity index (χ4n) is 3.20. The molecule has 4 rings (SSSR count). The predicted octanol–water partition coefficient (Wildman–Crippen LogP) is 2.36. The standard InChI is InChI=1S/C17H17N3OS/c1-19(15-8-12-4-2-3-5-13(12)9-15)11-14-10-16(21)20-6-7-22-17(20)18-14/h2-7,10,15H,8-9,11H2,1H3. The van der Waals surface area contributed by atoms with E-state index in [-0.39, 0.29) is 5.56 Å². The van der Waals surface area contributed by atoms with E-state index >= 15 is 0 Å². The van der Waals surface area contributed by atoms with Crippen LogP contribution in [0.25, 0.3) is 4.96 Å². The van der Waals surface area contributed by atoms with Gasteiger partial charge in [-0.1, -0.05) is 24.3 Å². The number of aromatic nitrogens is 2. The molecule has 2 aromatic heterocycles. The lowest BCUT2D eigenvalue weighted by Crippen LogP contribution is -2.32.